The van der Waals surface area contributed by atoms with Gasteiger partial charge >= 0.3 is 5.97 Å². The molecule has 1 fully saturated rings. The van der Waals surface area contributed by atoms with E-state index < -0.39 is 0 Å². The predicted octanol–water partition coefficient (Wildman–Crippen LogP) is 5.55. The van der Waals surface area contributed by atoms with E-state index in [1.54, 1.807) is 0 Å². The van der Waals surface area contributed by atoms with E-state index in [0.29, 0.717) is 18.3 Å². The van der Waals surface area contributed by atoms with Gasteiger partial charge in [-0.15, -0.1) is 0 Å². The lowest BCUT2D eigenvalue weighted by Crippen LogP contribution is -2.43. The lowest BCUT2D eigenvalue weighted by Gasteiger charge is -2.44. The van der Waals surface area contributed by atoms with Gasteiger partial charge in [-0.3, -0.25) is 4.79 Å². The molecule has 26 heavy (non-hydrogen) atoms. The van der Waals surface area contributed by atoms with Gasteiger partial charge in [0.15, 0.2) is 0 Å². The number of carbonyl (C=O) groups is 1. The Morgan fingerprint density at radius 3 is 2.27 bits per heavy atom. The summed E-state index contributed by atoms with van der Waals surface area (Å²) in [6.45, 7) is 6.85. The smallest absolute Gasteiger partial charge is 0.310 e. The van der Waals surface area contributed by atoms with Crippen molar-refractivity contribution >= 4 is 5.97 Å². The summed E-state index contributed by atoms with van der Waals surface area (Å²) in [7, 11) is 0. The summed E-state index contributed by atoms with van der Waals surface area (Å²) in [5, 5.41) is 0. The van der Waals surface area contributed by atoms with E-state index in [9.17, 15) is 4.79 Å². The van der Waals surface area contributed by atoms with Crippen LogP contribution >= 0.6 is 0 Å². The van der Waals surface area contributed by atoms with Crippen LogP contribution in [0.2, 0.25) is 0 Å². The highest BCUT2D eigenvalue weighted by molar-refractivity contribution is 5.72. The fourth-order valence-electron chi connectivity index (χ4n) is 4.34. The van der Waals surface area contributed by atoms with Crippen LogP contribution in [0, 0.1) is 11.8 Å². The minimum absolute atomic E-state index is 0.00910. The normalized spacial score (nSPS) is 23.4. The molecule has 0 aromatic heterocycles. The van der Waals surface area contributed by atoms with Crippen LogP contribution < -0.4 is 0 Å². The molecule has 1 aliphatic carbocycles. The molecule has 0 heterocycles. The van der Waals surface area contributed by atoms with Crippen molar-refractivity contribution < 1.29 is 9.53 Å². The highest BCUT2D eigenvalue weighted by Crippen LogP contribution is 2.43. The van der Waals surface area contributed by atoms with Gasteiger partial charge in [-0.25, -0.2) is 0 Å². The molecule has 3 unspecified atom stereocenters. The van der Waals surface area contributed by atoms with Crippen LogP contribution in [-0.2, 0) is 21.4 Å². The maximum Gasteiger partial charge on any atom is 0.310 e. The van der Waals surface area contributed by atoms with Crippen LogP contribution in [0.15, 0.2) is 60.7 Å². The first-order chi connectivity index (χ1) is 12.5. The van der Waals surface area contributed by atoms with Crippen molar-refractivity contribution in [3.8, 4) is 0 Å². The van der Waals surface area contributed by atoms with Crippen LogP contribution in [0.4, 0.5) is 0 Å². The molecule has 0 N–H and O–H groups in total. The van der Waals surface area contributed by atoms with Crippen molar-refractivity contribution in [2.24, 2.45) is 11.8 Å². The minimum atomic E-state index is -0.107. The zero-order chi connectivity index (χ0) is 18.6. The third-order valence-electron chi connectivity index (χ3n) is 5.97. The van der Waals surface area contributed by atoms with E-state index >= 15 is 0 Å². The van der Waals surface area contributed by atoms with Crippen molar-refractivity contribution in [1.29, 1.82) is 0 Å². The number of carbonyl (C=O) groups excluding carboxylic acids is 1. The molecule has 0 bridgehead atoms. The first kappa shape index (κ1) is 18.7. The van der Waals surface area contributed by atoms with Gasteiger partial charge in [-0.05, 0) is 35.3 Å². The third kappa shape index (κ3) is 4.35. The zero-order valence-corrected chi connectivity index (χ0v) is 16.2. The predicted molar refractivity (Wildman–Crippen MR) is 106 cm³/mol. The molecule has 1 aliphatic rings. The summed E-state index contributed by atoms with van der Waals surface area (Å²) in [6.07, 6.45) is 3.61. The summed E-state index contributed by atoms with van der Waals surface area (Å²) in [4.78, 5) is 12.6. The van der Waals surface area contributed by atoms with Crippen molar-refractivity contribution in [1.82, 2.24) is 0 Å². The van der Waals surface area contributed by atoms with E-state index in [2.05, 4.69) is 51.1 Å². The van der Waals surface area contributed by atoms with Crippen LogP contribution in [-0.4, -0.2) is 12.1 Å². The van der Waals surface area contributed by atoms with Crippen LogP contribution in [0.25, 0.3) is 0 Å². The molecule has 138 valence electrons. The zero-order valence-electron chi connectivity index (χ0n) is 16.2. The second-order valence-electron chi connectivity index (χ2n) is 8.30. The monoisotopic (exact) mass is 350 g/mol. The quantitative estimate of drug-likeness (QED) is 0.660. The van der Waals surface area contributed by atoms with Crippen molar-refractivity contribution in [3.63, 3.8) is 0 Å². The molecular weight excluding hydrogens is 320 g/mol. The Morgan fingerprint density at radius 2 is 1.62 bits per heavy atom. The number of hydrogen-bond acceptors (Lipinski definition) is 2. The van der Waals surface area contributed by atoms with E-state index in [1.165, 1.54) is 12.0 Å². The molecule has 2 aromatic rings. The average molecular weight is 351 g/mol. The average Bonchev–Trinajstić information content (AvgIpc) is 2.63. The highest BCUT2D eigenvalue weighted by Gasteiger charge is 2.41. The lowest BCUT2D eigenvalue weighted by atomic mass is 9.64. The summed E-state index contributed by atoms with van der Waals surface area (Å²) in [5.41, 5.74) is 2.32. The molecule has 3 atom stereocenters. The van der Waals surface area contributed by atoms with Crippen LogP contribution in [0.5, 0.6) is 0 Å². The first-order valence-electron chi connectivity index (χ1n) is 9.75. The minimum Gasteiger partial charge on any atom is -0.462 e. The Balaban J connectivity index is 1.75. The Morgan fingerprint density at radius 1 is 1.00 bits per heavy atom. The van der Waals surface area contributed by atoms with Gasteiger partial charge in [-0.2, -0.15) is 0 Å². The van der Waals surface area contributed by atoms with Crippen molar-refractivity contribution in [3.05, 3.63) is 71.8 Å². The molecule has 2 aromatic carbocycles. The second-order valence-corrected chi connectivity index (χ2v) is 8.30. The van der Waals surface area contributed by atoms with Gasteiger partial charge in [0.25, 0.3) is 0 Å². The Bertz CT molecular complexity index is 706. The maximum absolute atomic E-state index is 12.6. The first-order valence-corrected chi connectivity index (χ1v) is 9.75. The lowest BCUT2D eigenvalue weighted by molar-refractivity contribution is -0.155. The standard InChI is InChI=1S/C24H30O2/c1-18-14-15-21(24(2,3)20-12-8-5-9-13-20)22(16-18)26-23(25)17-19-10-6-4-7-11-19/h4-13,18,21-22H,14-17H2,1-3H3. The molecule has 0 saturated heterocycles. The number of ether oxygens (including phenoxy) is 1. The van der Waals surface area contributed by atoms with E-state index in [1.807, 2.05) is 30.3 Å². The molecule has 0 spiro atoms. The number of benzene rings is 2. The number of hydrogen-bond donors (Lipinski definition) is 0. The van der Waals surface area contributed by atoms with Gasteiger partial charge in [0.2, 0.25) is 0 Å². The molecule has 0 amide bonds. The molecular formula is C24H30O2. The Hall–Kier alpha value is -2.09. The van der Waals surface area contributed by atoms with E-state index in [-0.39, 0.29) is 17.5 Å². The van der Waals surface area contributed by atoms with Gasteiger partial charge in [0.1, 0.15) is 6.10 Å². The summed E-state index contributed by atoms with van der Waals surface area (Å²) in [6, 6.07) is 20.5. The molecule has 2 nitrogen and oxygen atoms in total. The maximum atomic E-state index is 12.6. The topological polar surface area (TPSA) is 26.3 Å². The van der Waals surface area contributed by atoms with Gasteiger partial charge < -0.3 is 4.74 Å². The second kappa shape index (κ2) is 8.07. The summed E-state index contributed by atoms with van der Waals surface area (Å²) < 4.78 is 6.05. The fourth-order valence-corrected chi connectivity index (χ4v) is 4.34. The van der Waals surface area contributed by atoms with E-state index in [4.69, 9.17) is 4.74 Å². The van der Waals surface area contributed by atoms with Gasteiger partial charge in [0.05, 0.1) is 6.42 Å². The summed E-state index contributed by atoms with van der Waals surface area (Å²) in [5.74, 6) is 0.845. The highest BCUT2D eigenvalue weighted by atomic mass is 16.5. The van der Waals surface area contributed by atoms with E-state index in [0.717, 1.165) is 18.4 Å². The van der Waals surface area contributed by atoms with Crippen LogP contribution in [0.1, 0.15) is 51.2 Å². The van der Waals surface area contributed by atoms with Crippen molar-refractivity contribution in [2.75, 3.05) is 0 Å². The van der Waals surface area contributed by atoms with Gasteiger partial charge in [0, 0.05) is 5.92 Å². The van der Waals surface area contributed by atoms with Gasteiger partial charge in [-0.1, -0.05) is 87.9 Å². The third-order valence-corrected chi connectivity index (χ3v) is 5.97. The van der Waals surface area contributed by atoms with Crippen molar-refractivity contribution in [2.45, 2.75) is 58.0 Å². The SMILES string of the molecule is CC1CCC(C(C)(C)c2ccccc2)C(OC(=O)Cc2ccccc2)C1. The molecule has 0 aliphatic heterocycles. The molecule has 1 saturated carbocycles. The van der Waals surface area contributed by atoms with Crippen LogP contribution in [0.3, 0.4) is 0 Å². The number of rotatable bonds is 5. The number of esters is 1. The fraction of sp³-hybridized carbons (Fsp3) is 0.458. The Kier molecular flexibility index (Phi) is 5.80. The Labute approximate surface area is 157 Å². The largest absolute Gasteiger partial charge is 0.462 e. The molecule has 2 heteroatoms. The molecule has 0 radical (unpaired) electrons. The molecule has 3 rings (SSSR count). The summed E-state index contributed by atoms with van der Waals surface area (Å²) >= 11 is 0.